The summed E-state index contributed by atoms with van der Waals surface area (Å²) in [6.07, 6.45) is 2.89. The number of hydrogen-bond donors (Lipinski definition) is 1. The molecule has 3 heteroatoms. The van der Waals surface area contributed by atoms with Crippen LogP contribution in [0, 0.1) is 13.8 Å². The highest BCUT2D eigenvalue weighted by molar-refractivity contribution is 8.07. The molecule has 0 unspecified atom stereocenters. The van der Waals surface area contributed by atoms with Gasteiger partial charge in [0.05, 0.1) is 0 Å². The van der Waals surface area contributed by atoms with Gasteiger partial charge in [0, 0.05) is 27.4 Å². The number of aromatic amines is 1. The Kier molecular flexibility index (Phi) is 6.02. The quantitative estimate of drug-likeness (QED) is 0.481. The van der Waals surface area contributed by atoms with Gasteiger partial charge in [0.25, 0.3) is 0 Å². The molecule has 0 fully saturated rings. The molecule has 1 N–H and O–H groups in total. The summed E-state index contributed by atoms with van der Waals surface area (Å²) in [5.41, 5.74) is 6.10. The van der Waals surface area contributed by atoms with Crippen molar-refractivity contribution < 1.29 is 0 Å². The molecule has 0 aliphatic rings. The molecule has 0 atom stereocenters. The summed E-state index contributed by atoms with van der Waals surface area (Å²) >= 11 is 1.68. The molecule has 0 aliphatic heterocycles. The van der Waals surface area contributed by atoms with Crippen LogP contribution in [-0.4, -0.2) is 11.2 Å². The van der Waals surface area contributed by atoms with Gasteiger partial charge >= 0.3 is 0 Å². The fourth-order valence-corrected chi connectivity index (χ4v) is 4.30. The van der Waals surface area contributed by atoms with E-state index in [0.717, 1.165) is 27.7 Å². The van der Waals surface area contributed by atoms with E-state index in [1.165, 1.54) is 27.1 Å². The molecule has 0 radical (unpaired) electrons. The van der Waals surface area contributed by atoms with Gasteiger partial charge in [-0.2, -0.15) is 0 Å². The minimum Gasteiger partial charge on any atom is -0.355 e. The third-order valence-electron chi connectivity index (χ3n) is 4.46. The predicted octanol–water partition coefficient (Wildman–Crippen LogP) is 5.22. The van der Waals surface area contributed by atoms with Crippen LogP contribution >= 0.6 is 11.8 Å². The number of hydrogen-bond acceptors (Lipinski definition) is 2. The van der Waals surface area contributed by atoms with Crippen LogP contribution in [0.15, 0.2) is 58.4 Å². The normalized spacial score (nSPS) is 12.6. The average molecular weight is 375 g/mol. The number of rotatable bonds is 5. The van der Waals surface area contributed by atoms with E-state index in [2.05, 4.69) is 85.9 Å². The summed E-state index contributed by atoms with van der Waals surface area (Å²) in [4.78, 5) is 9.26. The van der Waals surface area contributed by atoms with E-state index in [1.54, 1.807) is 11.8 Å². The topological polar surface area (TPSA) is 28.1 Å². The molecule has 3 rings (SSSR count). The zero-order valence-electron chi connectivity index (χ0n) is 16.5. The van der Waals surface area contributed by atoms with Gasteiger partial charge in [-0.15, -0.1) is 0 Å². The van der Waals surface area contributed by atoms with Gasteiger partial charge in [0.1, 0.15) is 5.03 Å². The molecule has 2 nitrogen and oxygen atoms in total. The van der Waals surface area contributed by atoms with Crippen LogP contribution < -0.4 is 10.6 Å². The number of nitrogens with one attached hydrogen (secondary N) is 1. The van der Waals surface area contributed by atoms with Crippen LogP contribution in [0.5, 0.6) is 0 Å². The third kappa shape index (κ3) is 4.61. The Morgan fingerprint density at radius 2 is 1.74 bits per heavy atom. The number of thioether (sulfide) groups is 1. The van der Waals surface area contributed by atoms with Crippen molar-refractivity contribution in [3.8, 4) is 11.3 Å². The Morgan fingerprint density at radius 1 is 1.07 bits per heavy atom. The fraction of sp³-hybridized carbons (Fsp3) is 0.208. The van der Waals surface area contributed by atoms with Crippen molar-refractivity contribution in [3.63, 3.8) is 0 Å². The van der Waals surface area contributed by atoms with Crippen molar-refractivity contribution in [2.75, 3.05) is 0 Å². The highest BCUT2D eigenvalue weighted by Gasteiger charge is 2.07. The molecule has 1 heterocycles. The van der Waals surface area contributed by atoms with Crippen LogP contribution in [-0.2, 0) is 6.42 Å². The zero-order valence-corrected chi connectivity index (χ0v) is 17.3. The third-order valence-corrected chi connectivity index (χ3v) is 5.45. The van der Waals surface area contributed by atoms with Crippen molar-refractivity contribution in [2.45, 2.75) is 39.0 Å². The summed E-state index contributed by atoms with van der Waals surface area (Å²) < 4.78 is 0. The number of aliphatic imine (C=N–C) groups is 1. The first-order valence-electron chi connectivity index (χ1n) is 9.26. The van der Waals surface area contributed by atoms with E-state index in [1.807, 2.05) is 13.1 Å². The Morgan fingerprint density at radius 3 is 2.33 bits per heavy atom. The Hall–Kier alpha value is -2.52. The lowest BCUT2D eigenvalue weighted by atomic mass is 10.1. The van der Waals surface area contributed by atoms with Crippen molar-refractivity contribution in [1.29, 1.82) is 0 Å². The first-order valence-corrected chi connectivity index (χ1v) is 10.1. The smallest absolute Gasteiger partial charge is 0.110 e. The molecular formula is C24H26N2S. The number of H-pyrrole nitrogens is 1. The zero-order chi connectivity index (χ0) is 19.4. The van der Waals surface area contributed by atoms with E-state index < -0.39 is 0 Å². The monoisotopic (exact) mass is 374 g/mol. The van der Waals surface area contributed by atoms with Gasteiger partial charge in [-0.1, -0.05) is 55.6 Å². The van der Waals surface area contributed by atoms with Crippen molar-refractivity contribution >= 4 is 29.6 Å². The fourth-order valence-electron chi connectivity index (χ4n) is 3.14. The highest BCUT2D eigenvalue weighted by Crippen LogP contribution is 2.29. The number of benzene rings is 2. The summed E-state index contributed by atoms with van der Waals surface area (Å²) in [5.74, 6) is 0. The van der Waals surface area contributed by atoms with Crippen molar-refractivity contribution in [1.82, 2.24) is 4.98 Å². The minimum absolute atomic E-state index is 0.891. The summed E-state index contributed by atoms with van der Waals surface area (Å²) in [5, 5.41) is 2.90. The number of aryl methyl sites for hydroxylation is 3. The molecule has 0 bridgehead atoms. The van der Waals surface area contributed by atoms with Crippen LogP contribution in [0.4, 0.5) is 0 Å². The van der Waals surface area contributed by atoms with E-state index in [4.69, 9.17) is 0 Å². The maximum atomic E-state index is 4.64. The predicted molar refractivity (Wildman–Crippen MR) is 120 cm³/mol. The second-order valence-corrected chi connectivity index (χ2v) is 7.81. The molecule has 2 aromatic carbocycles. The lowest BCUT2D eigenvalue weighted by Crippen LogP contribution is -2.21. The van der Waals surface area contributed by atoms with Crippen molar-refractivity contribution in [2.24, 2.45) is 4.99 Å². The molecule has 0 saturated heterocycles. The van der Waals surface area contributed by atoms with Gasteiger partial charge in [0.2, 0.25) is 0 Å². The Labute approximate surface area is 165 Å². The molecule has 1 aromatic heterocycles. The molecule has 138 valence electrons. The van der Waals surface area contributed by atoms with Crippen LogP contribution in [0.3, 0.4) is 0 Å². The summed E-state index contributed by atoms with van der Waals surface area (Å²) in [7, 11) is 0. The molecule has 27 heavy (non-hydrogen) atoms. The maximum absolute atomic E-state index is 4.64. The Bertz CT molecular complexity index is 1050. The SMILES string of the molecule is C=c1[nH]c(-c2ccc(CC)cc2)c/c1=C(/N=C\C)Sc1cc(C)cc(C)c1. The first kappa shape index (κ1) is 19.2. The van der Waals surface area contributed by atoms with E-state index in [9.17, 15) is 0 Å². The number of nitrogens with zero attached hydrogens (tertiary/aromatic N) is 1. The number of aromatic nitrogens is 1. The standard InChI is InChI=1S/C24H26N2S/c1-6-19-8-10-20(11-9-19)23-15-22(18(5)26-23)24(25-7-2)27-21-13-16(3)12-17(4)14-21/h7-15,26H,5-6H2,1-4H3/b24-22+,25-7-. The average Bonchev–Trinajstić information content (AvgIpc) is 3.02. The molecule has 3 aromatic rings. The second kappa shape index (κ2) is 8.45. The molecule has 0 aliphatic carbocycles. The molecular weight excluding hydrogens is 348 g/mol. The van der Waals surface area contributed by atoms with Gasteiger partial charge in [0.15, 0.2) is 0 Å². The maximum Gasteiger partial charge on any atom is 0.110 e. The Balaban J connectivity index is 2.06. The largest absolute Gasteiger partial charge is 0.355 e. The molecule has 0 saturated carbocycles. The van der Waals surface area contributed by atoms with Crippen molar-refractivity contribution in [3.05, 3.63) is 75.8 Å². The lowest BCUT2D eigenvalue weighted by molar-refractivity contribution is 1.14. The van der Waals surface area contributed by atoms with Gasteiger partial charge < -0.3 is 4.98 Å². The summed E-state index contributed by atoms with van der Waals surface area (Å²) in [6, 6.07) is 17.4. The van der Waals surface area contributed by atoms with Crippen LogP contribution in [0.25, 0.3) is 22.9 Å². The molecule has 0 spiro atoms. The van der Waals surface area contributed by atoms with Gasteiger partial charge in [-0.05, 0) is 67.6 Å². The molecule has 0 amide bonds. The minimum atomic E-state index is 0.891. The first-order chi connectivity index (χ1) is 13.0. The highest BCUT2D eigenvalue weighted by atomic mass is 32.2. The van der Waals surface area contributed by atoms with Gasteiger partial charge in [-0.3, -0.25) is 4.99 Å². The lowest BCUT2D eigenvalue weighted by Gasteiger charge is -2.05. The van der Waals surface area contributed by atoms with E-state index in [-0.39, 0.29) is 0 Å². The van der Waals surface area contributed by atoms with E-state index >= 15 is 0 Å². The van der Waals surface area contributed by atoms with Gasteiger partial charge in [-0.25, -0.2) is 0 Å². The summed E-state index contributed by atoms with van der Waals surface area (Å²) in [6.45, 7) is 12.6. The van der Waals surface area contributed by atoms with Crippen LogP contribution in [0.2, 0.25) is 0 Å². The van der Waals surface area contributed by atoms with Crippen LogP contribution in [0.1, 0.15) is 30.5 Å². The van der Waals surface area contributed by atoms with E-state index in [0.29, 0.717) is 0 Å². The second-order valence-electron chi connectivity index (χ2n) is 6.74.